The largest absolute Gasteiger partial charge is 0.456 e. The molecule has 0 spiro atoms. The van der Waals surface area contributed by atoms with Gasteiger partial charge in [0.1, 0.15) is 17.4 Å². The van der Waals surface area contributed by atoms with E-state index in [0.717, 1.165) is 18.2 Å². The Kier molecular flexibility index (Phi) is 5.91. The zero-order valence-electron chi connectivity index (χ0n) is 16.5. The van der Waals surface area contributed by atoms with E-state index in [0.29, 0.717) is 4.90 Å². The van der Waals surface area contributed by atoms with Gasteiger partial charge in [0, 0.05) is 11.6 Å². The SMILES string of the molecule is CC(C)C(C(=O)OCC(=O)c1ccc(F)cc1)N1C(=O)c2cccc([N+](=O)[O-])c2C1=O. The van der Waals surface area contributed by atoms with Gasteiger partial charge < -0.3 is 4.74 Å². The summed E-state index contributed by atoms with van der Waals surface area (Å²) in [5.41, 5.74) is -0.995. The van der Waals surface area contributed by atoms with Gasteiger partial charge in [-0.15, -0.1) is 0 Å². The summed E-state index contributed by atoms with van der Waals surface area (Å²) in [6.07, 6.45) is 0. The molecule has 160 valence electrons. The van der Waals surface area contributed by atoms with Crippen molar-refractivity contribution in [2.75, 3.05) is 6.61 Å². The second-order valence-corrected chi connectivity index (χ2v) is 7.16. The van der Waals surface area contributed by atoms with E-state index in [1.165, 1.54) is 24.3 Å². The molecule has 1 heterocycles. The molecule has 1 unspecified atom stereocenters. The molecule has 3 rings (SSSR count). The maximum Gasteiger partial charge on any atom is 0.330 e. The highest BCUT2D eigenvalue weighted by molar-refractivity contribution is 6.24. The fraction of sp³-hybridized carbons (Fsp3) is 0.238. The van der Waals surface area contributed by atoms with Gasteiger partial charge in [0.05, 0.1) is 10.5 Å². The van der Waals surface area contributed by atoms with Crippen molar-refractivity contribution in [1.29, 1.82) is 0 Å². The van der Waals surface area contributed by atoms with Crippen LogP contribution in [-0.2, 0) is 9.53 Å². The van der Waals surface area contributed by atoms with E-state index < -0.39 is 64.1 Å². The first-order valence-electron chi connectivity index (χ1n) is 9.24. The molecular weight excluding hydrogens is 411 g/mol. The van der Waals surface area contributed by atoms with Gasteiger partial charge in [-0.25, -0.2) is 9.18 Å². The van der Waals surface area contributed by atoms with E-state index in [1.807, 2.05) is 0 Å². The van der Waals surface area contributed by atoms with Crippen LogP contribution in [0.1, 0.15) is 44.9 Å². The number of nitro groups is 1. The van der Waals surface area contributed by atoms with E-state index in [-0.39, 0.29) is 11.1 Å². The topological polar surface area (TPSA) is 124 Å². The number of rotatable bonds is 7. The molecule has 1 atom stereocenters. The van der Waals surface area contributed by atoms with Gasteiger partial charge in [-0.05, 0) is 36.2 Å². The Bertz CT molecular complexity index is 1100. The number of benzene rings is 2. The first-order chi connectivity index (χ1) is 14.6. The molecule has 2 aromatic rings. The Morgan fingerprint density at radius 1 is 1.10 bits per heavy atom. The highest BCUT2D eigenvalue weighted by Gasteiger charge is 2.47. The van der Waals surface area contributed by atoms with Crippen molar-refractivity contribution < 1.29 is 33.2 Å². The van der Waals surface area contributed by atoms with Crippen LogP contribution in [0.3, 0.4) is 0 Å². The average Bonchev–Trinajstić information content (AvgIpc) is 2.97. The van der Waals surface area contributed by atoms with Crippen molar-refractivity contribution in [1.82, 2.24) is 4.90 Å². The zero-order valence-corrected chi connectivity index (χ0v) is 16.5. The Labute approximate surface area is 175 Å². The van der Waals surface area contributed by atoms with Gasteiger partial charge in [-0.1, -0.05) is 19.9 Å². The summed E-state index contributed by atoms with van der Waals surface area (Å²) in [6.45, 7) is 2.44. The number of fused-ring (bicyclic) bond motifs is 1. The van der Waals surface area contributed by atoms with Gasteiger partial charge in [0.25, 0.3) is 17.5 Å². The number of carbonyl (C=O) groups excluding carboxylic acids is 4. The summed E-state index contributed by atoms with van der Waals surface area (Å²) in [5, 5.41) is 11.3. The normalized spacial score (nSPS) is 13.9. The second kappa shape index (κ2) is 8.42. The summed E-state index contributed by atoms with van der Waals surface area (Å²) >= 11 is 0. The first kappa shape index (κ1) is 21.8. The highest BCUT2D eigenvalue weighted by atomic mass is 19.1. The molecule has 10 heteroatoms. The van der Waals surface area contributed by atoms with E-state index in [9.17, 15) is 33.7 Å². The number of ketones is 1. The smallest absolute Gasteiger partial charge is 0.330 e. The molecule has 9 nitrogen and oxygen atoms in total. The minimum absolute atomic E-state index is 0.117. The van der Waals surface area contributed by atoms with Crippen LogP contribution in [0.25, 0.3) is 0 Å². The molecule has 31 heavy (non-hydrogen) atoms. The number of halogens is 1. The maximum atomic E-state index is 13.0. The summed E-state index contributed by atoms with van der Waals surface area (Å²) in [4.78, 5) is 61.7. The predicted octanol–water partition coefficient (Wildman–Crippen LogP) is 2.78. The number of imide groups is 1. The van der Waals surface area contributed by atoms with Crippen molar-refractivity contribution >= 4 is 29.3 Å². The van der Waals surface area contributed by atoms with Crippen molar-refractivity contribution in [2.24, 2.45) is 5.92 Å². The Morgan fingerprint density at radius 3 is 2.32 bits per heavy atom. The number of ether oxygens (including phenoxy) is 1. The molecule has 2 amide bonds. The van der Waals surface area contributed by atoms with Gasteiger partial charge >= 0.3 is 5.97 Å². The van der Waals surface area contributed by atoms with Gasteiger partial charge in [0.15, 0.2) is 12.4 Å². The Balaban J connectivity index is 1.82. The van der Waals surface area contributed by atoms with Crippen LogP contribution in [0.4, 0.5) is 10.1 Å². The third kappa shape index (κ3) is 4.04. The van der Waals surface area contributed by atoms with Crippen LogP contribution in [-0.4, -0.2) is 46.0 Å². The molecule has 0 aliphatic carbocycles. The average molecular weight is 428 g/mol. The number of amides is 2. The molecule has 0 saturated heterocycles. The monoisotopic (exact) mass is 428 g/mol. The molecule has 0 radical (unpaired) electrons. The standard InChI is InChI=1S/C21H17FN2O7/c1-11(2)18(21(28)31-10-16(25)12-6-8-13(22)9-7-12)23-19(26)14-4-3-5-15(24(29)30)17(14)20(23)27/h3-9,11,18H,10H2,1-2H3. The third-order valence-electron chi connectivity index (χ3n) is 4.78. The van der Waals surface area contributed by atoms with Gasteiger partial charge in [-0.3, -0.25) is 29.4 Å². The number of nitrogens with zero attached hydrogens (tertiary/aromatic N) is 2. The lowest BCUT2D eigenvalue weighted by molar-refractivity contribution is -0.385. The summed E-state index contributed by atoms with van der Waals surface area (Å²) < 4.78 is 18.0. The van der Waals surface area contributed by atoms with Crippen LogP contribution in [0.2, 0.25) is 0 Å². The molecule has 0 fully saturated rings. The number of carbonyl (C=O) groups is 4. The Hall–Kier alpha value is -3.95. The Morgan fingerprint density at radius 2 is 1.74 bits per heavy atom. The van der Waals surface area contributed by atoms with Crippen LogP contribution in [0.5, 0.6) is 0 Å². The van der Waals surface area contributed by atoms with E-state index in [2.05, 4.69) is 0 Å². The van der Waals surface area contributed by atoms with E-state index in [4.69, 9.17) is 4.74 Å². The van der Waals surface area contributed by atoms with Crippen molar-refractivity contribution in [3.63, 3.8) is 0 Å². The van der Waals surface area contributed by atoms with Gasteiger partial charge in [0.2, 0.25) is 0 Å². The van der Waals surface area contributed by atoms with Crippen LogP contribution < -0.4 is 0 Å². The van der Waals surface area contributed by atoms with Gasteiger partial charge in [-0.2, -0.15) is 0 Å². The molecule has 2 aromatic carbocycles. The third-order valence-corrected chi connectivity index (χ3v) is 4.78. The molecule has 1 aliphatic rings. The lowest BCUT2D eigenvalue weighted by Crippen LogP contribution is -2.49. The fourth-order valence-corrected chi connectivity index (χ4v) is 3.31. The van der Waals surface area contributed by atoms with Crippen molar-refractivity contribution in [3.8, 4) is 0 Å². The lowest BCUT2D eigenvalue weighted by atomic mass is 10.0. The van der Waals surface area contributed by atoms with Crippen LogP contribution >= 0.6 is 0 Å². The molecule has 0 aromatic heterocycles. The number of nitro benzene ring substituents is 1. The van der Waals surface area contributed by atoms with E-state index >= 15 is 0 Å². The molecule has 0 bridgehead atoms. The minimum Gasteiger partial charge on any atom is -0.456 e. The summed E-state index contributed by atoms with van der Waals surface area (Å²) in [5.74, 6) is -4.59. The number of esters is 1. The predicted molar refractivity (Wildman–Crippen MR) is 104 cm³/mol. The zero-order chi connectivity index (χ0) is 22.9. The van der Waals surface area contributed by atoms with Crippen LogP contribution in [0.15, 0.2) is 42.5 Å². The quantitative estimate of drug-likeness (QED) is 0.218. The van der Waals surface area contributed by atoms with Crippen molar-refractivity contribution in [2.45, 2.75) is 19.9 Å². The molecule has 0 saturated carbocycles. The number of Topliss-reactive ketones (excluding diaryl/α,β-unsaturated/α-hetero) is 1. The fourth-order valence-electron chi connectivity index (χ4n) is 3.31. The molecule has 1 aliphatic heterocycles. The van der Waals surface area contributed by atoms with Crippen molar-refractivity contribution in [3.05, 3.63) is 75.1 Å². The number of hydrogen-bond donors (Lipinski definition) is 0. The summed E-state index contributed by atoms with van der Waals surface area (Å²) in [6, 6.07) is 6.86. The molecular formula is C21H17FN2O7. The number of hydrogen-bond acceptors (Lipinski definition) is 7. The second-order valence-electron chi connectivity index (χ2n) is 7.16. The highest BCUT2D eigenvalue weighted by Crippen LogP contribution is 2.33. The van der Waals surface area contributed by atoms with Crippen LogP contribution in [0, 0.1) is 21.8 Å². The first-order valence-corrected chi connectivity index (χ1v) is 9.24. The minimum atomic E-state index is -1.40. The lowest BCUT2D eigenvalue weighted by Gasteiger charge is -2.27. The summed E-state index contributed by atoms with van der Waals surface area (Å²) in [7, 11) is 0. The van der Waals surface area contributed by atoms with E-state index in [1.54, 1.807) is 13.8 Å². The maximum absolute atomic E-state index is 13.0. The molecule has 0 N–H and O–H groups in total.